The van der Waals surface area contributed by atoms with Gasteiger partial charge in [-0.3, -0.25) is 4.68 Å². The maximum absolute atomic E-state index is 5.90. The quantitative estimate of drug-likeness (QED) is 0.522. The number of anilines is 2. The fourth-order valence-electron chi connectivity index (χ4n) is 3.85. The van der Waals surface area contributed by atoms with Crippen molar-refractivity contribution in [3.05, 3.63) is 48.9 Å². The van der Waals surface area contributed by atoms with E-state index in [1.807, 2.05) is 40.9 Å². The summed E-state index contributed by atoms with van der Waals surface area (Å²) in [5, 5.41) is 8.79. The Morgan fingerprint density at radius 1 is 0.935 bits per heavy atom. The Bertz CT molecular complexity index is 1170. The van der Waals surface area contributed by atoms with Crippen molar-refractivity contribution >= 4 is 17.3 Å². The Labute approximate surface area is 180 Å². The Morgan fingerprint density at radius 3 is 2.35 bits per heavy atom. The lowest BCUT2D eigenvalue weighted by Crippen LogP contribution is -2.47. The molecule has 4 aromatic rings. The van der Waals surface area contributed by atoms with Crippen LogP contribution in [0.25, 0.3) is 16.6 Å². The van der Waals surface area contributed by atoms with E-state index in [4.69, 9.17) is 5.73 Å². The molecule has 0 aliphatic carbocycles. The average Bonchev–Trinajstić information content (AvgIpc) is 3.46. The summed E-state index contributed by atoms with van der Waals surface area (Å²) in [6.45, 7) is 8.17. The van der Waals surface area contributed by atoms with Crippen LogP contribution in [0.3, 0.4) is 0 Å². The molecular weight excluding hydrogens is 392 g/mol. The SMILES string of the molecule is CCn1cc(-c2cc3c(N4CCN(c5ncc([C@@H](C)N)cn5)CC4)ncnn3c2)cn1. The summed E-state index contributed by atoms with van der Waals surface area (Å²) in [5.41, 5.74) is 10.0. The summed E-state index contributed by atoms with van der Waals surface area (Å²) in [6, 6.07) is 2.07. The molecule has 1 aliphatic rings. The molecule has 0 spiro atoms. The normalized spacial score (nSPS) is 15.6. The summed E-state index contributed by atoms with van der Waals surface area (Å²) in [4.78, 5) is 18.1. The number of aromatic nitrogens is 7. The van der Waals surface area contributed by atoms with E-state index in [0.717, 1.165) is 66.7 Å². The lowest BCUT2D eigenvalue weighted by Gasteiger charge is -2.35. The second kappa shape index (κ2) is 7.95. The fourth-order valence-corrected chi connectivity index (χ4v) is 3.85. The van der Waals surface area contributed by atoms with Gasteiger partial charge in [0.25, 0.3) is 0 Å². The van der Waals surface area contributed by atoms with Gasteiger partial charge in [0.1, 0.15) is 11.8 Å². The first-order chi connectivity index (χ1) is 15.1. The molecule has 10 heteroatoms. The predicted octanol–water partition coefficient (Wildman–Crippen LogP) is 1.75. The summed E-state index contributed by atoms with van der Waals surface area (Å²) in [6.07, 6.45) is 11.2. The number of rotatable bonds is 5. The second-order valence-electron chi connectivity index (χ2n) is 7.81. The monoisotopic (exact) mass is 418 g/mol. The molecule has 1 fully saturated rings. The van der Waals surface area contributed by atoms with E-state index in [9.17, 15) is 0 Å². The van der Waals surface area contributed by atoms with Gasteiger partial charge in [0.15, 0.2) is 5.82 Å². The van der Waals surface area contributed by atoms with Crippen LogP contribution in [-0.2, 0) is 6.54 Å². The van der Waals surface area contributed by atoms with Gasteiger partial charge >= 0.3 is 0 Å². The number of hydrogen-bond acceptors (Lipinski definition) is 8. The zero-order chi connectivity index (χ0) is 21.4. The molecule has 0 amide bonds. The van der Waals surface area contributed by atoms with Crippen molar-refractivity contribution in [2.24, 2.45) is 5.73 Å². The van der Waals surface area contributed by atoms with Crippen LogP contribution in [0.5, 0.6) is 0 Å². The molecule has 0 radical (unpaired) electrons. The van der Waals surface area contributed by atoms with E-state index in [-0.39, 0.29) is 6.04 Å². The maximum atomic E-state index is 5.90. The molecule has 1 saturated heterocycles. The van der Waals surface area contributed by atoms with E-state index >= 15 is 0 Å². The number of aryl methyl sites for hydroxylation is 1. The van der Waals surface area contributed by atoms with Gasteiger partial charge in [0, 0.05) is 80.2 Å². The third-order valence-corrected chi connectivity index (χ3v) is 5.72. The molecular formula is C21H26N10. The van der Waals surface area contributed by atoms with Crippen LogP contribution in [-0.4, -0.2) is 60.5 Å². The van der Waals surface area contributed by atoms with Gasteiger partial charge in [-0.25, -0.2) is 19.5 Å². The third kappa shape index (κ3) is 3.70. The third-order valence-electron chi connectivity index (χ3n) is 5.72. The van der Waals surface area contributed by atoms with Crippen molar-refractivity contribution in [1.29, 1.82) is 0 Å². The molecule has 0 bridgehead atoms. The smallest absolute Gasteiger partial charge is 0.225 e. The van der Waals surface area contributed by atoms with Crippen molar-refractivity contribution in [3.8, 4) is 11.1 Å². The lowest BCUT2D eigenvalue weighted by atomic mass is 10.2. The summed E-state index contributed by atoms with van der Waals surface area (Å²) < 4.78 is 3.81. The van der Waals surface area contributed by atoms with Crippen LogP contribution in [0.1, 0.15) is 25.5 Å². The molecule has 0 aromatic carbocycles. The Kier molecular flexibility index (Phi) is 4.99. The van der Waals surface area contributed by atoms with Gasteiger partial charge in [-0.2, -0.15) is 10.2 Å². The highest BCUT2D eigenvalue weighted by atomic mass is 15.4. The summed E-state index contributed by atoms with van der Waals surface area (Å²) in [5.74, 6) is 1.69. The molecule has 10 nitrogen and oxygen atoms in total. The summed E-state index contributed by atoms with van der Waals surface area (Å²) >= 11 is 0. The standard InChI is InChI=1S/C21H26N10/c1-3-30-12-18(11-26-30)16-8-19-20(25-14-27-31(19)13-16)28-4-6-29(7-5-28)21-23-9-17(10-24-21)15(2)22/h8-15H,3-7,22H2,1-2H3/t15-/m1/s1. The van der Waals surface area contributed by atoms with Gasteiger partial charge in [0.05, 0.1) is 6.20 Å². The Balaban J connectivity index is 1.34. The molecule has 5 rings (SSSR count). The predicted molar refractivity (Wildman–Crippen MR) is 119 cm³/mol. The number of nitrogens with zero attached hydrogens (tertiary/aromatic N) is 9. The second-order valence-corrected chi connectivity index (χ2v) is 7.81. The van der Waals surface area contributed by atoms with Gasteiger partial charge in [0.2, 0.25) is 5.95 Å². The fraction of sp³-hybridized carbons (Fsp3) is 0.381. The van der Waals surface area contributed by atoms with E-state index < -0.39 is 0 Å². The van der Waals surface area contributed by atoms with Crippen molar-refractivity contribution in [1.82, 2.24) is 34.3 Å². The average molecular weight is 419 g/mol. The van der Waals surface area contributed by atoms with Crippen LogP contribution in [0.2, 0.25) is 0 Å². The zero-order valence-corrected chi connectivity index (χ0v) is 17.8. The summed E-state index contributed by atoms with van der Waals surface area (Å²) in [7, 11) is 0. The highest BCUT2D eigenvalue weighted by molar-refractivity contribution is 5.77. The first-order valence-corrected chi connectivity index (χ1v) is 10.6. The Morgan fingerprint density at radius 2 is 1.68 bits per heavy atom. The van der Waals surface area contributed by atoms with Crippen molar-refractivity contribution in [2.75, 3.05) is 36.0 Å². The van der Waals surface area contributed by atoms with Crippen LogP contribution in [0.4, 0.5) is 11.8 Å². The van der Waals surface area contributed by atoms with E-state index in [2.05, 4.69) is 54.1 Å². The molecule has 2 N–H and O–H groups in total. The zero-order valence-electron chi connectivity index (χ0n) is 17.8. The molecule has 0 unspecified atom stereocenters. The van der Waals surface area contributed by atoms with Gasteiger partial charge in [-0.05, 0) is 19.9 Å². The minimum atomic E-state index is -0.0608. The van der Waals surface area contributed by atoms with Crippen molar-refractivity contribution in [3.63, 3.8) is 0 Å². The molecule has 31 heavy (non-hydrogen) atoms. The molecule has 4 aromatic heterocycles. The Hall–Kier alpha value is -3.53. The largest absolute Gasteiger partial charge is 0.351 e. The number of piperazine rings is 1. The molecule has 0 saturated carbocycles. The molecule has 1 aliphatic heterocycles. The highest BCUT2D eigenvalue weighted by Crippen LogP contribution is 2.27. The first-order valence-electron chi connectivity index (χ1n) is 10.6. The maximum Gasteiger partial charge on any atom is 0.225 e. The van der Waals surface area contributed by atoms with Crippen molar-refractivity contribution < 1.29 is 0 Å². The lowest BCUT2D eigenvalue weighted by molar-refractivity contribution is 0.632. The van der Waals surface area contributed by atoms with E-state index in [1.165, 1.54) is 0 Å². The number of fused-ring (bicyclic) bond motifs is 1. The number of hydrogen-bond donors (Lipinski definition) is 1. The van der Waals surface area contributed by atoms with Crippen LogP contribution < -0.4 is 15.5 Å². The van der Waals surface area contributed by atoms with Crippen molar-refractivity contribution in [2.45, 2.75) is 26.4 Å². The first kappa shape index (κ1) is 19.4. The van der Waals surface area contributed by atoms with Crippen LogP contribution >= 0.6 is 0 Å². The van der Waals surface area contributed by atoms with Crippen LogP contribution in [0, 0.1) is 0 Å². The number of nitrogens with two attached hydrogens (primary N) is 1. The topological polar surface area (TPSA) is 106 Å². The minimum absolute atomic E-state index is 0.0608. The molecule has 1 atom stereocenters. The minimum Gasteiger partial charge on any atom is -0.351 e. The van der Waals surface area contributed by atoms with Gasteiger partial charge < -0.3 is 15.5 Å². The van der Waals surface area contributed by atoms with Crippen LogP contribution in [0.15, 0.2) is 43.4 Å². The van der Waals surface area contributed by atoms with Gasteiger partial charge in [-0.1, -0.05) is 0 Å². The van der Waals surface area contributed by atoms with E-state index in [0.29, 0.717) is 0 Å². The molecule has 5 heterocycles. The molecule has 160 valence electrons. The van der Waals surface area contributed by atoms with Gasteiger partial charge in [-0.15, -0.1) is 0 Å². The highest BCUT2D eigenvalue weighted by Gasteiger charge is 2.22. The van der Waals surface area contributed by atoms with E-state index in [1.54, 1.807) is 6.33 Å².